The van der Waals surface area contributed by atoms with E-state index in [4.69, 9.17) is 0 Å². The Hall–Kier alpha value is -2.16. The van der Waals surface area contributed by atoms with Gasteiger partial charge in [-0.2, -0.15) is 0 Å². The first-order valence-corrected chi connectivity index (χ1v) is 7.16. The molecule has 3 heteroatoms. The minimum Gasteiger partial charge on any atom is -0.314 e. The van der Waals surface area contributed by atoms with E-state index < -0.39 is 5.41 Å². The van der Waals surface area contributed by atoms with Crippen molar-refractivity contribution in [2.75, 3.05) is 11.9 Å². The Morgan fingerprint density at radius 1 is 1.10 bits per heavy atom. The van der Waals surface area contributed by atoms with Crippen LogP contribution in [0, 0.1) is 5.82 Å². The second-order valence-electron chi connectivity index (χ2n) is 5.79. The van der Waals surface area contributed by atoms with Gasteiger partial charge in [0.2, 0.25) is 5.91 Å². The lowest BCUT2D eigenvalue weighted by Gasteiger charge is -2.21. The summed E-state index contributed by atoms with van der Waals surface area (Å²) in [5, 5.41) is 0. The zero-order chi connectivity index (χ0) is 15.2. The molecule has 3 rings (SSSR count). The van der Waals surface area contributed by atoms with Crippen LogP contribution in [-0.4, -0.2) is 13.0 Å². The first kappa shape index (κ1) is 13.8. The lowest BCUT2D eigenvalue weighted by atomic mass is 9.80. The number of carbonyl (C=O) groups is 1. The number of anilines is 1. The normalized spacial score (nSPS) is 20.8. The summed E-state index contributed by atoms with van der Waals surface area (Å²) in [6.07, 6.45) is 0.760. The number of likely N-dealkylation sites (N-methyl/N-ethyl adjacent to an activating group) is 1. The van der Waals surface area contributed by atoms with E-state index in [0.717, 1.165) is 28.8 Å². The Labute approximate surface area is 124 Å². The summed E-state index contributed by atoms with van der Waals surface area (Å²) in [5.74, 6) is -0.107. The summed E-state index contributed by atoms with van der Waals surface area (Å²) in [4.78, 5) is 14.2. The SMILES string of the molecule is CC[C@]1(C)C(=O)N(C)c2ccc(-c3ccc(F)cc3)cc21. The Kier molecular flexibility index (Phi) is 3.08. The number of rotatable bonds is 2. The molecule has 0 spiro atoms. The number of fused-ring (bicyclic) bond motifs is 1. The van der Waals surface area contributed by atoms with Crippen LogP contribution in [0.25, 0.3) is 11.1 Å². The molecule has 0 fully saturated rings. The third kappa shape index (κ3) is 1.96. The molecule has 0 radical (unpaired) electrons. The average molecular weight is 283 g/mol. The van der Waals surface area contributed by atoms with Crippen LogP contribution in [-0.2, 0) is 10.2 Å². The highest BCUT2D eigenvalue weighted by atomic mass is 19.1. The van der Waals surface area contributed by atoms with Crippen LogP contribution in [0.15, 0.2) is 42.5 Å². The smallest absolute Gasteiger partial charge is 0.237 e. The highest BCUT2D eigenvalue weighted by molar-refractivity contribution is 6.07. The van der Waals surface area contributed by atoms with Gasteiger partial charge in [-0.25, -0.2) is 4.39 Å². The van der Waals surface area contributed by atoms with E-state index in [1.807, 2.05) is 33.0 Å². The van der Waals surface area contributed by atoms with Gasteiger partial charge in [-0.15, -0.1) is 0 Å². The zero-order valence-corrected chi connectivity index (χ0v) is 12.5. The number of hydrogen-bond donors (Lipinski definition) is 0. The van der Waals surface area contributed by atoms with Crippen molar-refractivity contribution in [1.29, 1.82) is 0 Å². The molecule has 0 aromatic heterocycles. The first-order valence-electron chi connectivity index (χ1n) is 7.16. The lowest BCUT2D eigenvalue weighted by molar-refractivity contribution is -0.122. The van der Waals surface area contributed by atoms with Gasteiger partial charge in [0.25, 0.3) is 0 Å². The molecule has 1 aliphatic heterocycles. The van der Waals surface area contributed by atoms with E-state index in [9.17, 15) is 9.18 Å². The van der Waals surface area contributed by atoms with Gasteiger partial charge in [0.05, 0.1) is 5.41 Å². The Balaban J connectivity index is 2.14. The third-order valence-corrected chi connectivity index (χ3v) is 4.61. The van der Waals surface area contributed by atoms with Crippen molar-refractivity contribution in [3.8, 4) is 11.1 Å². The topological polar surface area (TPSA) is 20.3 Å². The molecule has 0 aliphatic carbocycles. The van der Waals surface area contributed by atoms with Crippen molar-refractivity contribution in [3.05, 3.63) is 53.8 Å². The fourth-order valence-electron chi connectivity index (χ4n) is 3.03. The van der Waals surface area contributed by atoms with Gasteiger partial charge < -0.3 is 4.90 Å². The molecule has 108 valence electrons. The standard InChI is InChI=1S/C18H18FNO/c1-4-18(2)15-11-13(12-5-8-14(19)9-6-12)7-10-16(15)20(3)17(18)21/h5-11H,4H2,1-3H3/t18-/m0/s1. The molecule has 1 amide bonds. The van der Waals surface area contributed by atoms with Crippen molar-refractivity contribution in [3.63, 3.8) is 0 Å². The summed E-state index contributed by atoms with van der Waals surface area (Å²) in [6.45, 7) is 4.03. The lowest BCUT2D eigenvalue weighted by Crippen LogP contribution is -2.35. The van der Waals surface area contributed by atoms with Crippen LogP contribution >= 0.6 is 0 Å². The summed E-state index contributed by atoms with van der Waals surface area (Å²) >= 11 is 0. The van der Waals surface area contributed by atoms with Gasteiger partial charge >= 0.3 is 0 Å². The Morgan fingerprint density at radius 2 is 1.71 bits per heavy atom. The Bertz CT molecular complexity index is 708. The number of nitrogens with zero attached hydrogens (tertiary/aromatic N) is 1. The maximum atomic E-state index is 13.1. The average Bonchev–Trinajstić information content (AvgIpc) is 2.70. The number of amides is 1. The molecule has 1 atom stereocenters. The van der Waals surface area contributed by atoms with Crippen LogP contribution in [0.2, 0.25) is 0 Å². The summed E-state index contributed by atoms with van der Waals surface area (Å²) in [7, 11) is 1.82. The number of carbonyl (C=O) groups excluding carboxylic acids is 1. The van der Waals surface area contributed by atoms with E-state index >= 15 is 0 Å². The van der Waals surface area contributed by atoms with Crippen LogP contribution in [0.3, 0.4) is 0 Å². The van der Waals surface area contributed by atoms with Gasteiger partial charge in [-0.1, -0.05) is 25.1 Å². The van der Waals surface area contributed by atoms with Crippen LogP contribution in [0.4, 0.5) is 10.1 Å². The van der Waals surface area contributed by atoms with Crippen molar-refractivity contribution in [1.82, 2.24) is 0 Å². The van der Waals surface area contributed by atoms with E-state index in [1.54, 1.807) is 17.0 Å². The van der Waals surface area contributed by atoms with Crippen LogP contribution < -0.4 is 4.90 Å². The van der Waals surface area contributed by atoms with Gasteiger partial charge in [0.15, 0.2) is 0 Å². The van der Waals surface area contributed by atoms with Crippen LogP contribution in [0.1, 0.15) is 25.8 Å². The summed E-state index contributed by atoms with van der Waals surface area (Å²) < 4.78 is 13.1. The van der Waals surface area contributed by atoms with E-state index in [0.29, 0.717) is 0 Å². The molecule has 0 N–H and O–H groups in total. The molecule has 1 aliphatic rings. The van der Waals surface area contributed by atoms with Gasteiger partial charge in [-0.3, -0.25) is 4.79 Å². The second kappa shape index (κ2) is 4.69. The fourth-order valence-corrected chi connectivity index (χ4v) is 3.03. The quantitative estimate of drug-likeness (QED) is 0.811. The minimum absolute atomic E-state index is 0.135. The largest absolute Gasteiger partial charge is 0.314 e. The van der Waals surface area contributed by atoms with Crippen molar-refractivity contribution in [2.24, 2.45) is 0 Å². The van der Waals surface area contributed by atoms with Crippen molar-refractivity contribution < 1.29 is 9.18 Å². The molecule has 21 heavy (non-hydrogen) atoms. The predicted molar refractivity (Wildman–Crippen MR) is 82.9 cm³/mol. The van der Waals surface area contributed by atoms with Gasteiger partial charge in [-0.05, 0) is 54.3 Å². The van der Waals surface area contributed by atoms with Gasteiger partial charge in [0.1, 0.15) is 5.82 Å². The second-order valence-corrected chi connectivity index (χ2v) is 5.79. The highest BCUT2D eigenvalue weighted by Crippen LogP contribution is 2.44. The maximum Gasteiger partial charge on any atom is 0.237 e. The van der Waals surface area contributed by atoms with Crippen LogP contribution in [0.5, 0.6) is 0 Å². The predicted octanol–water partition coefficient (Wildman–Crippen LogP) is 4.14. The van der Waals surface area contributed by atoms with Crippen molar-refractivity contribution >= 4 is 11.6 Å². The third-order valence-electron chi connectivity index (χ3n) is 4.61. The maximum absolute atomic E-state index is 13.1. The molecule has 1 heterocycles. The number of benzene rings is 2. The number of halogens is 1. The van der Waals surface area contributed by atoms with Crippen molar-refractivity contribution in [2.45, 2.75) is 25.7 Å². The number of hydrogen-bond acceptors (Lipinski definition) is 1. The molecular formula is C18H18FNO. The molecule has 2 aromatic carbocycles. The van der Waals surface area contributed by atoms with E-state index in [1.165, 1.54) is 12.1 Å². The minimum atomic E-state index is -0.472. The van der Waals surface area contributed by atoms with E-state index in [-0.39, 0.29) is 11.7 Å². The Morgan fingerprint density at radius 3 is 2.33 bits per heavy atom. The molecule has 0 unspecified atom stereocenters. The first-order chi connectivity index (χ1) is 9.97. The highest BCUT2D eigenvalue weighted by Gasteiger charge is 2.44. The fraction of sp³-hybridized carbons (Fsp3) is 0.278. The summed E-state index contributed by atoms with van der Waals surface area (Å²) in [6, 6.07) is 12.5. The van der Waals surface area contributed by atoms with Gasteiger partial charge in [0, 0.05) is 12.7 Å². The zero-order valence-electron chi connectivity index (χ0n) is 12.5. The molecule has 0 bridgehead atoms. The monoisotopic (exact) mass is 283 g/mol. The molecule has 2 nitrogen and oxygen atoms in total. The van der Waals surface area contributed by atoms with E-state index in [2.05, 4.69) is 6.07 Å². The molecule has 2 aromatic rings. The summed E-state index contributed by atoms with van der Waals surface area (Å²) in [5.41, 5.74) is 3.52. The molecule has 0 saturated carbocycles. The molecular weight excluding hydrogens is 265 g/mol. The molecule has 0 saturated heterocycles.